The maximum atomic E-state index is 13.1. The van der Waals surface area contributed by atoms with Crippen LogP contribution in [0.25, 0.3) is 0 Å². The molecule has 1 heterocycles. The fraction of sp³-hybridized carbons (Fsp3) is 0.120. The first kappa shape index (κ1) is 24.1. The molecule has 3 N–H and O–H groups in total. The Bertz CT molecular complexity index is 1370. The summed E-state index contributed by atoms with van der Waals surface area (Å²) in [6.07, 6.45) is 0.0785. The first-order chi connectivity index (χ1) is 17.2. The predicted molar refractivity (Wildman–Crippen MR) is 129 cm³/mol. The van der Waals surface area contributed by atoms with Crippen LogP contribution in [0.3, 0.4) is 0 Å². The molecule has 1 aliphatic heterocycles. The lowest BCUT2D eigenvalue weighted by Crippen LogP contribution is -2.43. The molecule has 0 saturated heterocycles. The van der Waals surface area contributed by atoms with E-state index in [4.69, 9.17) is 0 Å². The maximum Gasteiger partial charge on any atom is 0.326 e. The number of nitro benzene ring substituents is 1. The zero-order valence-electron chi connectivity index (χ0n) is 18.7. The number of amides is 3. The molecule has 0 saturated carbocycles. The number of carbonyl (C=O) groups excluding carboxylic acids is 3. The first-order valence-corrected chi connectivity index (χ1v) is 10.8. The van der Waals surface area contributed by atoms with Gasteiger partial charge in [-0.25, -0.2) is 4.79 Å². The lowest BCUT2D eigenvalue weighted by molar-refractivity contribution is -0.384. The topological polar surface area (TPSA) is 159 Å². The zero-order chi connectivity index (χ0) is 25.8. The lowest BCUT2D eigenvalue weighted by Gasteiger charge is -2.29. The van der Waals surface area contributed by atoms with E-state index < -0.39 is 34.7 Å². The highest BCUT2D eigenvalue weighted by Gasteiger charge is 2.30. The highest BCUT2D eigenvalue weighted by atomic mass is 16.6. The average molecular weight is 488 g/mol. The second-order valence-electron chi connectivity index (χ2n) is 8.03. The van der Waals surface area contributed by atoms with Crippen LogP contribution in [-0.2, 0) is 16.0 Å². The number of carbonyl (C=O) groups is 4. The van der Waals surface area contributed by atoms with E-state index in [2.05, 4.69) is 10.6 Å². The molecule has 0 aromatic heterocycles. The van der Waals surface area contributed by atoms with Crippen LogP contribution in [0.4, 0.5) is 17.1 Å². The third-order valence-corrected chi connectivity index (χ3v) is 5.56. The van der Waals surface area contributed by atoms with Crippen molar-refractivity contribution in [3.8, 4) is 0 Å². The number of hydrogen-bond acceptors (Lipinski definition) is 6. The molecule has 3 aromatic rings. The summed E-state index contributed by atoms with van der Waals surface area (Å²) >= 11 is 0. The molecule has 36 heavy (non-hydrogen) atoms. The van der Waals surface area contributed by atoms with E-state index >= 15 is 0 Å². The molecule has 0 radical (unpaired) electrons. The molecule has 11 nitrogen and oxygen atoms in total. The Morgan fingerprint density at radius 3 is 2.47 bits per heavy atom. The fourth-order valence-electron chi connectivity index (χ4n) is 3.81. The Hall–Kier alpha value is -5.06. The third kappa shape index (κ3) is 5.20. The largest absolute Gasteiger partial charge is 0.480 e. The minimum Gasteiger partial charge on any atom is -0.480 e. The Balaban J connectivity index is 1.57. The molecule has 0 fully saturated rings. The SMILES string of the molecule is O=C1CN(C(=O)c2cccc([N+](=O)[O-])c2)c2ccc(C(=O)NC(Cc3ccccc3)C(=O)O)cc2N1. The number of nitrogens with zero attached hydrogens (tertiary/aromatic N) is 2. The summed E-state index contributed by atoms with van der Waals surface area (Å²) < 4.78 is 0. The van der Waals surface area contributed by atoms with Crippen LogP contribution in [0.5, 0.6) is 0 Å². The standard InChI is InChI=1S/C25H20N4O7/c30-22-14-28(24(32)17-7-4-8-18(12-17)29(35)36)21-10-9-16(13-19(21)26-22)23(31)27-20(25(33)34)11-15-5-2-1-3-6-15/h1-10,12-13,20H,11,14H2,(H,26,30)(H,27,31)(H,33,34). The minimum atomic E-state index is -1.20. The highest BCUT2D eigenvalue weighted by Crippen LogP contribution is 2.32. The van der Waals surface area contributed by atoms with Crippen molar-refractivity contribution in [3.05, 3.63) is 99.6 Å². The Morgan fingerprint density at radius 2 is 1.78 bits per heavy atom. The molecule has 1 atom stereocenters. The van der Waals surface area contributed by atoms with E-state index in [-0.39, 0.29) is 35.5 Å². The summed E-state index contributed by atoms with van der Waals surface area (Å²) in [5.41, 5.74) is 1.04. The smallest absolute Gasteiger partial charge is 0.326 e. The van der Waals surface area contributed by atoms with Gasteiger partial charge in [-0.05, 0) is 29.8 Å². The number of carboxylic acids is 1. The van der Waals surface area contributed by atoms with Crippen LogP contribution < -0.4 is 15.5 Å². The molecule has 1 unspecified atom stereocenters. The highest BCUT2D eigenvalue weighted by molar-refractivity contribution is 6.16. The van der Waals surface area contributed by atoms with E-state index in [9.17, 15) is 34.4 Å². The van der Waals surface area contributed by atoms with Crippen LogP contribution >= 0.6 is 0 Å². The summed E-state index contributed by atoms with van der Waals surface area (Å²) in [6.45, 7) is -0.321. The lowest BCUT2D eigenvalue weighted by atomic mass is 10.0. The number of nitro groups is 1. The number of anilines is 2. The van der Waals surface area contributed by atoms with Crippen molar-refractivity contribution in [2.24, 2.45) is 0 Å². The Kier molecular flexibility index (Phi) is 6.72. The first-order valence-electron chi connectivity index (χ1n) is 10.8. The Morgan fingerprint density at radius 1 is 1.03 bits per heavy atom. The van der Waals surface area contributed by atoms with Crippen molar-refractivity contribution in [3.63, 3.8) is 0 Å². The summed E-state index contributed by atoms with van der Waals surface area (Å²) in [7, 11) is 0. The minimum absolute atomic E-state index is 0.0249. The molecule has 4 rings (SSSR count). The van der Waals surface area contributed by atoms with Gasteiger partial charge in [0.1, 0.15) is 12.6 Å². The van der Waals surface area contributed by atoms with Gasteiger partial charge in [0.05, 0.1) is 16.3 Å². The second kappa shape index (κ2) is 10.1. The number of hydrogen-bond donors (Lipinski definition) is 3. The monoisotopic (exact) mass is 488 g/mol. The van der Waals surface area contributed by atoms with Gasteiger partial charge in [0.2, 0.25) is 5.91 Å². The van der Waals surface area contributed by atoms with E-state index in [1.54, 1.807) is 30.3 Å². The summed E-state index contributed by atoms with van der Waals surface area (Å²) in [4.78, 5) is 61.5. The molecule has 0 bridgehead atoms. The molecule has 3 amide bonds. The summed E-state index contributed by atoms with van der Waals surface area (Å²) in [6, 6.07) is 17.0. The van der Waals surface area contributed by atoms with Crippen LogP contribution in [0.1, 0.15) is 26.3 Å². The second-order valence-corrected chi connectivity index (χ2v) is 8.03. The van der Waals surface area contributed by atoms with E-state index in [0.717, 1.165) is 16.5 Å². The van der Waals surface area contributed by atoms with Crippen LogP contribution in [-0.4, -0.2) is 46.3 Å². The number of benzene rings is 3. The molecule has 182 valence electrons. The normalized spacial score (nSPS) is 13.2. The van der Waals surface area contributed by atoms with Crippen LogP contribution in [0, 0.1) is 10.1 Å². The van der Waals surface area contributed by atoms with Crippen LogP contribution in [0.15, 0.2) is 72.8 Å². The molecule has 1 aliphatic rings. The number of rotatable bonds is 7. The quantitative estimate of drug-likeness (QED) is 0.340. The van der Waals surface area contributed by atoms with Gasteiger partial charge < -0.3 is 15.7 Å². The predicted octanol–water partition coefficient (Wildman–Crippen LogP) is 2.62. The van der Waals surface area contributed by atoms with E-state index in [1.807, 2.05) is 0 Å². The van der Waals surface area contributed by atoms with Gasteiger partial charge in [-0.3, -0.25) is 29.4 Å². The average Bonchev–Trinajstić information content (AvgIpc) is 2.87. The molecule has 3 aromatic carbocycles. The molecule has 0 aliphatic carbocycles. The number of non-ortho nitro benzene ring substituents is 1. The summed E-state index contributed by atoms with van der Waals surface area (Å²) in [5, 5.41) is 25.7. The van der Waals surface area contributed by atoms with Gasteiger partial charge >= 0.3 is 5.97 Å². The number of aliphatic carboxylic acids is 1. The number of fused-ring (bicyclic) bond motifs is 1. The van der Waals surface area contributed by atoms with Crippen molar-refractivity contribution >= 4 is 40.8 Å². The van der Waals surface area contributed by atoms with Gasteiger partial charge in [0, 0.05) is 29.7 Å². The molecular weight excluding hydrogens is 468 g/mol. The fourth-order valence-corrected chi connectivity index (χ4v) is 3.81. The van der Waals surface area contributed by atoms with Crippen molar-refractivity contribution in [2.45, 2.75) is 12.5 Å². The molecule has 11 heteroatoms. The van der Waals surface area contributed by atoms with Gasteiger partial charge in [0.25, 0.3) is 17.5 Å². The van der Waals surface area contributed by atoms with Gasteiger partial charge in [-0.1, -0.05) is 36.4 Å². The van der Waals surface area contributed by atoms with E-state index in [0.29, 0.717) is 5.69 Å². The zero-order valence-corrected chi connectivity index (χ0v) is 18.7. The number of nitrogens with one attached hydrogen (secondary N) is 2. The van der Waals surface area contributed by atoms with Crippen molar-refractivity contribution in [2.75, 3.05) is 16.8 Å². The van der Waals surface area contributed by atoms with Gasteiger partial charge in [-0.2, -0.15) is 0 Å². The summed E-state index contributed by atoms with van der Waals surface area (Å²) in [5.74, 6) is -3.02. The van der Waals surface area contributed by atoms with Crippen LogP contribution in [0.2, 0.25) is 0 Å². The third-order valence-electron chi connectivity index (χ3n) is 5.56. The van der Waals surface area contributed by atoms with Crippen molar-refractivity contribution in [1.29, 1.82) is 0 Å². The number of carboxylic acid groups (broad SMARTS) is 1. The maximum absolute atomic E-state index is 13.1. The van der Waals surface area contributed by atoms with Crippen molar-refractivity contribution < 1.29 is 29.2 Å². The van der Waals surface area contributed by atoms with Crippen molar-refractivity contribution in [1.82, 2.24) is 5.32 Å². The van der Waals surface area contributed by atoms with Gasteiger partial charge in [-0.15, -0.1) is 0 Å². The Labute approximate surface area is 204 Å². The molecular formula is C25H20N4O7. The van der Waals surface area contributed by atoms with Gasteiger partial charge in [0.15, 0.2) is 0 Å². The van der Waals surface area contributed by atoms with E-state index in [1.165, 1.54) is 36.4 Å². The molecule has 0 spiro atoms.